The molecule has 0 bridgehead atoms. The number of aryl methyl sites for hydroxylation is 1. The minimum Gasteiger partial charge on any atom is -0.480 e. The van der Waals surface area contributed by atoms with Gasteiger partial charge in [-0.1, -0.05) is 25.1 Å². The molecule has 0 unspecified atom stereocenters. The van der Waals surface area contributed by atoms with Gasteiger partial charge in [0.2, 0.25) is 11.8 Å². The molecular weight excluding hydrogens is 298 g/mol. The molecule has 0 aliphatic rings. The highest BCUT2D eigenvalue weighted by Gasteiger charge is 2.15. The van der Waals surface area contributed by atoms with Crippen molar-refractivity contribution in [3.05, 3.63) is 29.8 Å². The van der Waals surface area contributed by atoms with Crippen molar-refractivity contribution in [2.75, 3.05) is 31.5 Å². The molecule has 0 aromatic heterocycles. The molecule has 7 heteroatoms. The van der Waals surface area contributed by atoms with Crippen LogP contribution < -0.4 is 10.6 Å². The van der Waals surface area contributed by atoms with Crippen molar-refractivity contribution in [1.29, 1.82) is 0 Å². The van der Waals surface area contributed by atoms with Crippen LogP contribution >= 0.6 is 0 Å². The van der Waals surface area contributed by atoms with Crippen molar-refractivity contribution in [3.63, 3.8) is 0 Å². The number of hydrogen-bond donors (Lipinski definition) is 3. The van der Waals surface area contributed by atoms with Crippen LogP contribution in [0.25, 0.3) is 0 Å². The molecule has 3 N–H and O–H groups in total. The first-order valence-corrected chi connectivity index (χ1v) is 7.48. The average molecular weight is 321 g/mol. The highest BCUT2D eigenvalue weighted by atomic mass is 16.4. The van der Waals surface area contributed by atoms with Crippen molar-refractivity contribution >= 4 is 23.5 Å². The van der Waals surface area contributed by atoms with Crippen molar-refractivity contribution < 1.29 is 19.5 Å². The van der Waals surface area contributed by atoms with E-state index in [9.17, 15) is 14.4 Å². The summed E-state index contributed by atoms with van der Waals surface area (Å²) in [6.45, 7) is 4.06. The second-order valence-corrected chi connectivity index (χ2v) is 5.24. The fraction of sp³-hybridized carbons (Fsp3) is 0.438. The summed E-state index contributed by atoms with van der Waals surface area (Å²) in [7, 11) is 0. The maximum Gasteiger partial charge on any atom is 0.322 e. The Kier molecular flexibility index (Phi) is 7.76. The predicted octanol–water partition coefficient (Wildman–Crippen LogP) is 0.846. The lowest BCUT2D eigenvalue weighted by Crippen LogP contribution is -2.42. The molecule has 1 rings (SSSR count). The maximum atomic E-state index is 12.1. The maximum absolute atomic E-state index is 12.1. The summed E-state index contributed by atoms with van der Waals surface area (Å²) < 4.78 is 0. The van der Waals surface area contributed by atoms with Crippen LogP contribution in [-0.2, 0) is 14.4 Å². The van der Waals surface area contributed by atoms with Crippen LogP contribution in [0.5, 0.6) is 0 Å². The van der Waals surface area contributed by atoms with Crippen molar-refractivity contribution in [2.24, 2.45) is 0 Å². The molecule has 0 aliphatic carbocycles. The second kappa shape index (κ2) is 9.58. The molecular formula is C16H23N3O4. The van der Waals surface area contributed by atoms with E-state index < -0.39 is 18.4 Å². The number of nitrogens with one attached hydrogen (secondary N) is 2. The number of hydrogen-bond acceptors (Lipinski definition) is 4. The zero-order valence-electron chi connectivity index (χ0n) is 13.5. The SMILES string of the molecule is CCCN(CC(=O)NCC(=O)O)CC(=O)Nc1ccccc1C. The molecule has 0 heterocycles. The van der Waals surface area contributed by atoms with E-state index >= 15 is 0 Å². The van der Waals surface area contributed by atoms with Gasteiger partial charge in [0.15, 0.2) is 0 Å². The molecule has 0 aliphatic heterocycles. The summed E-state index contributed by atoms with van der Waals surface area (Å²) in [5.41, 5.74) is 1.70. The van der Waals surface area contributed by atoms with Crippen LogP contribution in [0.1, 0.15) is 18.9 Å². The van der Waals surface area contributed by atoms with Gasteiger partial charge >= 0.3 is 5.97 Å². The van der Waals surface area contributed by atoms with Crippen LogP contribution in [0.2, 0.25) is 0 Å². The molecule has 0 atom stereocenters. The lowest BCUT2D eigenvalue weighted by Gasteiger charge is -2.20. The molecule has 0 spiro atoms. The number of benzene rings is 1. The summed E-state index contributed by atoms with van der Waals surface area (Å²) in [5, 5.41) is 13.7. The first-order valence-electron chi connectivity index (χ1n) is 7.48. The van der Waals surface area contributed by atoms with Crippen molar-refractivity contribution in [3.8, 4) is 0 Å². The Hall–Kier alpha value is -2.41. The quantitative estimate of drug-likeness (QED) is 0.626. The average Bonchev–Trinajstić information content (AvgIpc) is 2.47. The molecule has 0 fully saturated rings. The molecule has 23 heavy (non-hydrogen) atoms. The van der Waals surface area contributed by atoms with Crippen molar-refractivity contribution in [2.45, 2.75) is 20.3 Å². The Bertz CT molecular complexity index is 560. The summed E-state index contributed by atoms with van der Waals surface area (Å²) in [4.78, 5) is 35.9. The van der Waals surface area contributed by atoms with E-state index in [-0.39, 0.29) is 19.0 Å². The normalized spacial score (nSPS) is 10.4. The Morgan fingerprint density at radius 3 is 2.39 bits per heavy atom. The molecule has 0 saturated carbocycles. The number of rotatable bonds is 9. The first-order chi connectivity index (χ1) is 10.9. The van der Waals surface area contributed by atoms with E-state index in [1.807, 2.05) is 38.1 Å². The van der Waals surface area contributed by atoms with Gasteiger partial charge in [-0.05, 0) is 31.5 Å². The van der Waals surface area contributed by atoms with Gasteiger partial charge in [0.25, 0.3) is 0 Å². The molecule has 1 aromatic carbocycles. The molecule has 0 radical (unpaired) electrons. The number of anilines is 1. The van der Waals surface area contributed by atoms with E-state index in [1.165, 1.54) is 0 Å². The highest BCUT2D eigenvalue weighted by Crippen LogP contribution is 2.12. The number of carbonyl (C=O) groups excluding carboxylic acids is 2. The molecule has 2 amide bonds. The number of nitrogens with zero attached hydrogens (tertiary/aromatic N) is 1. The Balaban J connectivity index is 2.54. The zero-order chi connectivity index (χ0) is 17.2. The van der Waals surface area contributed by atoms with Crippen LogP contribution in [0.4, 0.5) is 5.69 Å². The summed E-state index contributed by atoms with van der Waals surface area (Å²) >= 11 is 0. The predicted molar refractivity (Wildman–Crippen MR) is 87.2 cm³/mol. The third-order valence-electron chi connectivity index (χ3n) is 3.13. The minimum atomic E-state index is -1.10. The third kappa shape index (κ3) is 7.42. The smallest absolute Gasteiger partial charge is 0.322 e. The van der Waals surface area contributed by atoms with Gasteiger partial charge in [0.05, 0.1) is 13.1 Å². The van der Waals surface area contributed by atoms with E-state index in [4.69, 9.17) is 5.11 Å². The monoisotopic (exact) mass is 321 g/mol. The number of para-hydroxylation sites is 1. The van der Waals surface area contributed by atoms with E-state index in [1.54, 1.807) is 4.90 Å². The standard InChI is InChI=1S/C16H23N3O4/c1-3-8-19(10-14(20)17-9-16(22)23)11-15(21)18-13-7-5-4-6-12(13)2/h4-7H,3,8-11H2,1-2H3,(H,17,20)(H,18,21)(H,22,23). The van der Waals surface area contributed by atoms with Gasteiger partial charge in [-0.3, -0.25) is 19.3 Å². The number of carbonyl (C=O) groups is 3. The van der Waals surface area contributed by atoms with Gasteiger partial charge < -0.3 is 15.7 Å². The molecule has 1 aromatic rings. The number of aliphatic carboxylic acids is 1. The van der Waals surface area contributed by atoms with E-state index in [0.29, 0.717) is 6.54 Å². The Morgan fingerprint density at radius 2 is 1.78 bits per heavy atom. The van der Waals surface area contributed by atoms with Crippen LogP contribution in [0.3, 0.4) is 0 Å². The highest BCUT2D eigenvalue weighted by molar-refractivity contribution is 5.93. The fourth-order valence-electron chi connectivity index (χ4n) is 2.07. The van der Waals surface area contributed by atoms with E-state index in [2.05, 4.69) is 10.6 Å². The van der Waals surface area contributed by atoms with Crippen LogP contribution in [0.15, 0.2) is 24.3 Å². The summed E-state index contributed by atoms with van der Waals surface area (Å²) in [6.07, 6.45) is 0.782. The number of amides is 2. The summed E-state index contributed by atoms with van der Waals surface area (Å²) in [6, 6.07) is 7.45. The number of carboxylic acids is 1. The van der Waals surface area contributed by atoms with Crippen molar-refractivity contribution in [1.82, 2.24) is 10.2 Å². The first kappa shape index (κ1) is 18.6. The lowest BCUT2D eigenvalue weighted by atomic mass is 10.2. The zero-order valence-corrected chi connectivity index (χ0v) is 13.5. The number of carboxylic acid groups (broad SMARTS) is 1. The van der Waals surface area contributed by atoms with Gasteiger partial charge in [-0.2, -0.15) is 0 Å². The van der Waals surface area contributed by atoms with Crippen LogP contribution in [-0.4, -0.2) is 54.0 Å². The third-order valence-corrected chi connectivity index (χ3v) is 3.13. The molecule has 0 saturated heterocycles. The topological polar surface area (TPSA) is 98.7 Å². The summed E-state index contributed by atoms with van der Waals surface area (Å²) in [5.74, 6) is -1.72. The lowest BCUT2D eigenvalue weighted by molar-refractivity contribution is -0.138. The minimum absolute atomic E-state index is 0.0116. The Morgan fingerprint density at radius 1 is 1.13 bits per heavy atom. The Labute approximate surface area is 135 Å². The molecule has 126 valence electrons. The van der Waals surface area contributed by atoms with Gasteiger partial charge in [0, 0.05) is 5.69 Å². The van der Waals surface area contributed by atoms with Gasteiger partial charge in [-0.25, -0.2) is 0 Å². The van der Waals surface area contributed by atoms with E-state index in [0.717, 1.165) is 17.7 Å². The fourth-order valence-corrected chi connectivity index (χ4v) is 2.07. The van der Waals surface area contributed by atoms with Gasteiger partial charge in [0.1, 0.15) is 6.54 Å². The van der Waals surface area contributed by atoms with Crippen LogP contribution in [0, 0.1) is 6.92 Å². The van der Waals surface area contributed by atoms with Gasteiger partial charge in [-0.15, -0.1) is 0 Å². The largest absolute Gasteiger partial charge is 0.480 e. The molecule has 7 nitrogen and oxygen atoms in total. The second-order valence-electron chi connectivity index (χ2n) is 5.24.